The summed E-state index contributed by atoms with van der Waals surface area (Å²) in [4.78, 5) is 29.6. The van der Waals surface area contributed by atoms with Gasteiger partial charge in [0.15, 0.2) is 0 Å². The van der Waals surface area contributed by atoms with Crippen molar-refractivity contribution in [1.29, 1.82) is 0 Å². The van der Waals surface area contributed by atoms with Crippen LogP contribution >= 0.6 is 0 Å². The van der Waals surface area contributed by atoms with Crippen LogP contribution in [0, 0.1) is 0 Å². The summed E-state index contributed by atoms with van der Waals surface area (Å²) >= 11 is 0. The fourth-order valence-electron chi connectivity index (χ4n) is 4.24. The van der Waals surface area contributed by atoms with E-state index in [2.05, 4.69) is 5.32 Å². The highest BCUT2D eigenvalue weighted by Gasteiger charge is 2.54. The molecule has 1 atom stereocenters. The minimum atomic E-state index is -3.29. The number of amides is 2. The molecule has 1 unspecified atom stereocenters. The molecule has 3 rings (SSSR count). The van der Waals surface area contributed by atoms with E-state index in [1.807, 2.05) is 49.1 Å². The van der Waals surface area contributed by atoms with Gasteiger partial charge in [-0.25, -0.2) is 12.7 Å². The lowest BCUT2D eigenvalue weighted by Gasteiger charge is -2.42. The second kappa shape index (κ2) is 8.93. The van der Waals surface area contributed by atoms with Crippen LogP contribution in [0.15, 0.2) is 30.3 Å². The van der Waals surface area contributed by atoms with Crippen LogP contribution in [0.5, 0.6) is 0 Å². The van der Waals surface area contributed by atoms with Gasteiger partial charge in [0.2, 0.25) is 21.8 Å². The Hall–Kier alpha value is -2.13. The van der Waals surface area contributed by atoms with Crippen molar-refractivity contribution in [3.05, 3.63) is 30.3 Å². The van der Waals surface area contributed by atoms with E-state index >= 15 is 0 Å². The molecule has 166 valence electrons. The fourth-order valence-corrected chi connectivity index (χ4v) is 5.34. The van der Waals surface area contributed by atoms with Gasteiger partial charge in [-0.2, -0.15) is 0 Å². The number of anilines is 1. The Morgan fingerprint density at radius 1 is 1.17 bits per heavy atom. The van der Waals surface area contributed by atoms with Crippen molar-refractivity contribution >= 4 is 27.5 Å². The summed E-state index contributed by atoms with van der Waals surface area (Å²) in [5.74, 6) is -0.217. The van der Waals surface area contributed by atoms with Crippen molar-refractivity contribution < 1.29 is 18.0 Å². The summed E-state index contributed by atoms with van der Waals surface area (Å²) < 4.78 is 26.1. The highest BCUT2D eigenvalue weighted by atomic mass is 32.2. The van der Waals surface area contributed by atoms with Crippen molar-refractivity contribution in [3.8, 4) is 0 Å². The van der Waals surface area contributed by atoms with Crippen molar-refractivity contribution in [2.45, 2.75) is 51.6 Å². The van der Waals surface area contributed by atoms with Gasteiger partial charge in [-0.1, -0.05) is 25.1 Å². The van der Waals surface area contributed by atoms with E-state index in [-0.39, 0.29) is 30.2 Å². The molecule has 2 saturated heterocycles. The first kappa shape index (κ1) is 22.6. The van der Waals surface area contributed by atoms with Gasteiger partial charge >= 0.3 is 0 Å². The zero-order valence-corrected chi connectivity index (χ0v) is 18.8. The first-order valence-corrected chi connectivity index (χ1v) is 12.2. The van der Waals surface area contributed by atoms with Crippen LogP contribution in [0.25, 0.3) is 0 Å². The maximum Gasteiger partial charge on any atom is 0.250 e. The van der Waals surface area contributed by atoms with Gasteiger partial charge in [0.1, 0.15) is 12.1 Å². The van der Waals surface area contributed by atoms with Gasteiger partial charge in [-0.05, 0) is 45.2 Å². The Kier molecular flexibility index (Phi) is 6.71. The minimum absolute atomic E-state index is 0.00519. The monoisotopic (exact) mass is 436 g/mol. The van der Waals surface area contributed by atoms with Gasteiger partial charge in [-0.3, -0.25) is 9.59 Å². The molecule has 0 aromatic heterocycles. The number of rotatable bonds is 7. The number of hydrogen-bond donors (Lipinski definition) is 1. The van der Waals surface area contributed by atoms with Crippen LogP contribution < -0.4 is 10.2 Å². The third-order valence-corrected chi connectivity index (χ3v) is 8.13. The summed E-state index contributed by atoms with van der Waals surface area (Å²) in [5.41, 5.74) is 0.0834. The number of para-hydroxylation sites is 1. The SMILES string of the molecule is CCC(C)NC(=O)CN1CN(c2ccccc2)C2(CCN(S(=O)(=O)CC)CC2)C1=O. The highest BCUT2D eigenvalue weighted by molar-refractivity contribution is 7.89. The maximum absolute atomic E-state index is 13.5. The Morgan fingerprint density at radius 3 is 2.37 bits per heavy atom. The van der Waals surface area contributed by atoms with E-state index in [4.69, 9.17) is 0 Å². The lowest BCUT2D eigenvalue weighted by atomic mass is 9.86. The van der Waals surface area contributed by atoms with Crippen LogP contribution in [-0.2, 0) is 19.6 Å². The van der Waals surface area contributed by atoms with Crippen LogP contribution in [0.3, 0.4) is 0 Å². The Balaban J connectivity index is 1.84. The largest absolute Gasteiger partial charge is 0.352 e. The van der Waals surface area contributed by atoms with Gasteiger partial charge in [0.25, 0.3) is 0 Å². The molecule has 2 amide bonds. The van der Waals surface area contributed by atoms with E-state index in [1.165, 1.54) is 4.31 Å². The normalized spacial score (nSPS) is 20.6. The number of nitrogens with one attached hydrogen (secondary N) is 1. The Bertz CT molecular complexity index is 866. The minimum Gasteiger partial charge on any atom is -0.352 e. The number of hydrogen-bond acceptors (Lipinski definition) is 5. The molecule has 8 nitrogen and oxygen atoms in total. The van der Waals surface area contributed by atoms with Gasteiger partial charge in [0, 0.05) is 24.8 Å². The smallest absolute Gasteiger partial charge is 0.250 e. The third kappa shape index (κ3) is 4.32. The highest BCUT2D eigenvalue weighted by Crippen LogP contribution is 2.39. The molecule has 0 saturated carbocycles. The molecular weight excluding hydrogens is 404 g/mol. The summed E-state index contributed by atoms with van der Waals surface area (Å²) in [7, 11) is -3.29. The van der Waals surface area contributed by atoms with Crippen LogP contribution in [0.4, 0.5) is 5.69 Å². The average Bonchev–Trinajstić information content (AvgIpc) is 3.00. The molecule has 30 heavy (non-hydrogen) atoms. The standard InChI is InChI=1S/C21H32N4O4S/c1-4-17(3)22-19(26)15-23-16-25(18-9-7-6-8-10-18)21(20(23)27)11-13-24(14-12-21)30(28,29)5-2/h6-10,17H,4-5,11-16H2,1-3H3,(H,22,26). The first-order valence-electron chi connectivity index (χ1n) is 10.6. The van der Waals surface area contributed by atoms with E-state index in [0.29, 0.717) is 32.6 Å². The first-order chi connectivity index (χ1) is 14.2. The molecular formula is C21H32N4O4S. The molecule has 0 bridgehead atoms. The molecule has 2 heterocycles. The lowest BCUT2D eigenvalue weighted by molar-refractivity contribution is -0.137. The second-order valence-electron chi connectivity index (χ2n) is 8.12. The van der Waals surface area contributed by atoms with Crippen LogP contribution in [0.1, 0.15) is 40.0 Å². The van der Waals surface area contributed by atoms with Crippen molar-refractivity contribution in [2.75, 3.05) is 37.0 Å². The summed E-state index contributed by atoms with van der Waals surface area (Å²) in [6, 6.07) is 9.71. The van der Waals surface area contributed by atoms with E-state index < -0.39 is 15.6 Å². The number of piperidine rings is 1. The molecule has 0 aliphatic carbocycles. The number of sulfonamides is 1. The molecule has 2 aliphatic rings. The Morgan fingerprint density at radius 2 is 1.80 bits per heavy atom. The summed E-state index contributed by atoms with van der Waals surface area (Å²) in [6.45, 7) is 6.49. The van der Waals surface area contributed by atoms with E-state index in [0.717, 1.165) is 12.1 Å². The van der Waals surface area contributed by atoms with Crippen molar-refractivity contribution in [2.24, 2.45) is 0 Å². The molecule has 2 fully saturated rings. The molecule has 0 radical (unpaired) electrons. The zero-order chi connectivity index (χ0) is 21.9. The zero-order valence-electron chi connectivity index (χ0n) is 18.0. The average molecular weight is 437 g/mol. The van der Waals surface area contributed by atoms with Gasteiger partial charge in [0.05, 0.1) is 12.4 Å². The molecule has 1 aromatic rings. The lowest BCUT2D eigenvalue weighted by Crippen LogP contribution is -2.57. The fraction of sp³-hybridized carbons (Fsp3) is 0.619. The predicted molar refractivity (Wildman–Crippen MR) is 116 cm³/mol. The summed E-state index contributed by atoms with van der Waals surface area (Å²) in [6.07, 6.45) is 1.63. The maximum atomic E-state index is 13.5. The Labute approximate surface area is 179 Å². The number of carbonyl (C=O) groups is 2. The number of nitrogens with zero attached hydrogens (tertiary/aromatic N) is 3. The van der Waals surface area contributed by atoms with Crippen molar-refractivity contribution in [1.82, 2.24) is 14.5 Å². The molecule has 1 aromatic carbocycles. The quantitative estimate of drug-likeness (QED) is 0.698. The summed E-state index contributed by atoms with van der Waals surface area (Å²) in [5, 5.41) is 2.92. The van der Waals surface area contributed by atoms with Gasteiger partial charge < -0.3 is 15.1 Å². The third-order valence-electron chi connectivity index (χ3n) is 6.24. The topological polar surface area (TPSA) is 90.0 Å². The molecule has 2 aliphatic heterocycles. The van der Waals surface area contributed by atoms with Crippen LogP contribution in [-0.4, -0.2) is 73.1 Å². The second-order valence-corrected chi connectivity index (χ2v) is 10.4. The van der Waals surface area contributed by atoms with Crippen LogP contribution in [0.2, 0.25) is 0 Å². The molecule has 1 N–H and O–H groups in total. The molecule has 9 heteroatoms. The number of benzene rings is 1. The number of carbonyl (C=O) groups excluding carboxylic acids is 2. The van der Waals surface area contributed by atoms with Crippen molar-refractivity contribution in [3.63, 3.8) is 0 Å². The molecule has 1 spiro atoms. The van der Waals surface area contributed by atoms with E-state index in [9.17, 15) is 18.0 Å². The van der Waals surface area contributed by atoms with E-state index in [1.54, 1.807) is 11.8 Å². The van der Waals surface area contributed by atoms with Gasteiger partial charge in [-0.15, -0.1) is 0 Å². The predicted octanol–water partition coefficient (Wildman–Crippen LogP) is 1.39.